The third-order valence-electron chi connectivity index (χ3n) is 3.97. The van der Waals surface area contributed by atoms with Gasteiger partial charge in [-0.1, -0.05) is 24.3 Å². The Morgan fingerprint density at radius 2 is 1.63 bits per heavy atom. The van der Waals surface area contributed by atoms with Crippen LogP contribution in [0.3, 0.4) is 0 Å². The fourth-order valence-electron chi connectivity index (χ4n) is 2.83. The number of fused-ring (bicyclic) bond motifs is 6. The van der Waals surface area contributed by atoms with E-state index in [-0.39, 0.29) is 0 Å². The van der Waals surface area contributed by atoms with Gasteiger partial charge in [-0.25, -0.2) is 4.98 Å². The number of aromatic nitrogens is 2. The molecule has 0 aliphatic carbocycles. The minimum atomic E-state index is 1.03. The smallest absolute Gasteiger partial charge is 0.145 e. The van der Waals surface area contributed by atoms with Crippen molar-refractivity contribution >= 4 is 27.3 Å². The molecule has 0 unspecified atom stereocenters. The molecule has 0 amide bonds. The molecule has 19 heavy (non-hydrogen) atoms. The highest BCUT2D eigenvalue weighted by molar-refractivity contribution is 6.11. The van der Waals surface area contributed by atoms with E-state index in [4.69, 9.17) is 0 Å². The fourth-order valence-corrected chi connectivity index (χ4v) is 2.83. The van der Waals surface area contributed by atoms with Crippen LogP contribution in [0.2, 0.25) is 0 Å². The number of benzene rings is 2. The summed E-state index contributed by atoms with van der Waals surface area (Å²) in [6.07, 6.45) is 3.91. The van der Waals surface area contributed by atoms with Gasteiger partial charge < -0.3 is 0 Å². The molecule has 2 heterocycles. The molecule has 0 aliphatic rings. The largest absolute Gasteiger partial charge is 0.299 e. The Hall–Kier alpha value is -2.35. The van der Waals surface area contributed by atoms with Crippen molar-refractivity contribution in [2.45, 2.75) is 13.8 Å². The lowest BCUT2D eigenvalue weighted by atomic mass is 10.0. The van der Waals surface area contributed by atoms with Crippen molar-refractivity contribution in [3.8, 4) is 0 Å². The Morgan fingerprint density at radius 3 is 2.47 bits per heavy atom. The van der Waals surface area contributed by atoms with Gasteiger partial charge in [-0.2, -0.15) is 0 Å². The molecule has 2 aromatic heterocycles. The van der Waals surface area contributed by atoms with Gasteiger partial charge in [0.05, 0.1) is 5.52 Å². The van der Waals surface area contributed by atoms with Crippen LogP contribution in [-0.4, -0.2) is 9.38 Å². The van der Waals surface area contributed by atoms with Crippen LogP contribution in [0, 0.1) is 13.8 Å². The van der Waals surface area contributed by atoms with Crippen molar-refractivity contribution in [2.24, 2.45) is 0 Å². The summed E-state index contributed by atoms with van der Waals surface area (Å²) in [5.41, 5.74) is 4.91. The molecule has 0 radical (unpaired) electrons. The Labute approximate surface area is 111 Å². The molecule has 0 bridgehead atoms. The molecule has 4 rings (SSSR count). The molecule has 92 valence electrons. The minimum Gasteiger partial charge on any atom is -0.299 e. The van der Waals surface area contributed by atoms with Gasteiger partial charge in [0.2, 0.25) is 0 Å². The predicted molar refractivity (Wildman–Crippen MR) is 79.7 cm³/mol. The van der Waals surface area contributed by atoms with E-state index in [1.165, 1.54) is 32.8 Å². The van der Waals surface area contributed by atoms with Crippen molar-refractivity contribution in [1.82, 2.24) is 9.38 Å². The number of aryl methyl sites for hydroxylation is 2. The lowest BCUT2D eigenvalue weighted by molar-refractivity contribution is 1.25. The Kier molecular flexibility index (Phi) is 1.99. The molecule has 0 N–H and O–H groups in total. The van der Waals surface area contributed by atoms with E-state index in [1.54, 1.807) is 0 Å². The SMILES string of the molecule is Cc1cc2c3ccccc3c3nccn3c2cc1C. The van der Waals surface area contributed by atoms with Crippen LogP contribution in [0.25, 0.3) is 27.3 Å². The van der Waals surface area contributed by atoms with Crippen LogP contribution in [0.15, 0.2) is 48.8 Å². The number of imidazole rings is 1. The van der Waals surface area contributed by atoms with Crippen molar-refractivity contribution < 1.29 is 0 Å². The van der Waals surface area contributed by atoms with Crippen molar-refractivity contribution in [3.63, 3.8) is 0 Å². The van der Waals surface area contributed by atoms with Gasteiger partial charge in [-0.3, -0.25) is 4.40 Å². The topological polar surface area (TPSA) is 17.3 Å². The molecule has 0 aliphatic heterocycles. The summed E-state index contributed by atoms with van der Waals surface area (Å²) in [5.74, 6) is 0. The maximum atomic E-state index is 4.51. The molecule has 4 aromatic rings. The van der Waals surface area contributed by atoms with E-state index >= 15 is 0 Å². The number of hydrogen-bond donors (Lipinski definition) is 0. The lowest BCUT2D eigenvalue weighted by Gasteiger charge is -2.10. The first-order valence-electron chi connectivity index (χ1n) is 6.50. The first-order chi connectivity index (χ1) is 9.25. The quantitative estimate of drug-likeness (QED) is 0.424. The maximum absolute atomic E-state index is 4.51. The lowest BCUT2D eigenvalue weighted by Crippen LogP contribution is -1.92. The van der Waals surface area contributed by atoms with Gasteiger partial charge in [0.15, 0.2) is 0 Å². The van der Waals surface area contributed by atoms with Crippen LogP contribution < -0.4 is 0 Å². The second-order valence-electron chi connectivity index (χ2n) is 5.12. The number of pyridine rings is 1. The van der Waals surface area contributed by atoms with Crippen LogP contribution >= 0.6 is 0 Å². The summed E-state index contributed by atoms with van der Waals surface area (Å²) in [6, 6.07) is 13.0. The van der Waals surface area contributed by atoms with Gasteiger partial charge in [0.25, 0.3) is 0 Å². The molecular weight excluding hydrogens is 232 g/mol. The average molecular weight is 246 g/mol. The van der Waals surface area contributed by atoms with Crippen LogP contribution in [0.4, 0.5) is 0 Å². The third-order valence-corrected chi connectivity index (χ3v) is 3.97. The van der Waals surface area contributed by atoms with Crippen LogP contribution in [0.5, 0.6) is 0 Å². The molecule has 0 saturated heterocycles. The van der Waals surface area contributed by atoms with Gasteiger partial charge in [0, 0.05) is 23.2 Å². The average Bonchev–Trinajstić information content (AvgIpc) is 2.91. The van der Waals surface area contributed by atoms with Crippen molar-refractivity contribution in [1.29, 1.82) is 0 Å². The van der Waals surface area contributed by atoms with Gasteiger partial charge in [-0.15, -0.1) is 0 Å². The summed E-state index contributed by atoms with van der Waals surface area (Å²) in [6.45, 7) is 4.33. The highest BCUT2D eigenvalue weighted by Gasteiger charge is 2.09. The number of rotatable bonds is 0. The molecule has 2 nitrogen and oxygen atoms in total. The Morgan fingerprint density at radius 1 is 0.895 bits per heavy atom. The van der Waals surface area contributed by atoms with E-state index in [0.29, 0.717) is 0 Å². The predicted octanol–water partition coefficient (Wildman–Crippen LogP) is 4.26. The van der Waals surface area contributed by atoms with E-state index in [9.17, 15) is 0 Å². The molecular formula is C17H14N2. The fraction of sp³-hybridized carbons (Fsp3) is 0.118. The number of hydrogen-bond acceptors (Lipinski definition) is 1. The minimum absolute atomic E-state index is 1.03. The Balaban J connectivity index is 2.42. The maximum Gasteiger partial charge on any atom is 0.145 e. The highest BCUT2D eigenvalue weighted by atomic mass is 15.0. The standard InChI is InChI=1S/C17H14N2/c1-11-9-15-13-5-3-4-6-14(13)17-18-7-8-19(17)16(15)10-12(11)2/h3-10H,1-2H3. The van der Waals surface area contributed by atoms with Gasteiger partial charge in [0.1, 0.15) is 5.65 Å². The van der Waals surface area contributed by atoms with Crippen LogP contribution in [0.1, 0.15) is 11.1 Å². The normalized spacial score (nSPS) is 11.7. The van der Waals surface area contributed by atoms with E-state index in [2.05, 4.69) is 59.6 Å². The van der Waals surface area contributed by atoms with Gasteiger partial charge in [-0.05, 0) is 42.5 Å². The second-order valence-corrected chi connectivity index (χ2v) is 5.12. The highest BCUT2D eigenvalue weighted by Crippen LogP contribution is 2.30. The van der Waals surface area contributed by atoms with E-state index < -0.39 is 0 Å². The number of nitrogens with zero attached hydrogens (tertiary/aromatic N) is 2. The van der Waals surface area contributed by atoms with E-state index in [0.717, 1.165) is 5.65 Å². The zero-order valence-electron chi connectivity index (χ0n) is 11.0. The summed E-state index contributed by atoms with van der Waals surface area (Å²) in [7, 11) is 0. The molecule has 2 aromatic carbocycles. The Bertz CT molecular complexity index is 932. The monoisotopic (exact) mass is 246 g/mol. The molecule has 0 spiro atoms. The van der Waals surface area contributed by atoms with Crippen LogP contribution in [-0.2, 0) is 0 Å². The summed E-state index contributed by atoms with van der Waals surface area (Å²) in [5, 5.41) is 3.78. The molecule has 0 atom stereocenters. The second kappa shape index (κ2) is 3.58. The zero-order chi connectivity index (χ0) is 13.0. The first-order valence-corrected chi connectivity index (χ1v) is 6.50. The summed E-state index contributed by atoms with van der Waals surface area (Å²) < 4.78 is 2.18. The molecule has 2 heteroatoms. The van der Waals surface area contributed by atoms with Gasteiger partial charge >= 0.3 is 0 Å². The molecule has 0 fully saturated rings. The summed E-state index contributed by atoms with van der Waals surface area (Å²) in [4.78, 5) is 4.51. The summed E-state index contributed by atoms with van der Waals surface area (Å²) >= 11 is 0. The zero-order valence-corrected chi connectivity index (χ0v) is 11.0. The molecule has 0 saturated carbocycles. The van der Waals surface area contributed by atoms with Crippen molar-refractivity contribution in [2.75, 3.05) is 0 Å². The van der Waals surface area contributed by atoms with E-state index in [1.807, 2.05) is 12.4 Å². The third kappa shape index (κ3) is 1.34. The van der Waals surface area contributed by atoms with Crippen molar-refractivity contribution in [3.05, 3.63) is 59.9 Å². The first kappa shape index (κ1) is 10.6.